The number of aliphatic hydroxyl groups is 1. The summed E-state index contributed by atoms with van der Waals surface area (Å²) in [4.78, 5) is 2.11. The molecule has 0 fully saturated rings. The van der Waals surface area contributed by atoms with Crippen molar-refractivity contribution in [3.8, 4) is 5.75 Å². The predicted octanol–water partition coefficient (Wildman–Crippen LogP) is 3.02. The highest BCUT2D eigenvalue weighted by molar-refractivity contribution is 5.38. The molecule has 0 aliphatic rings. The SMILES string of the molecule is COc1ccc(C(C)C)cc1CN(C)CC(C)(C)O. The second-order valence-corrected chi connectivity index (χ2v) is 6.21. The first-order valence-corrected chi connectivity index (χ1v) is 6.80. The van der Waals surface area contributed by atoms with Gasteiger partial charge in [-0.3, -0.25) is 4.90 Å². The molecule has 0 saturated carbocycles. The third-order valence-electron chi connectivity index (χ3n) is 3.07. The Morgan fingerprint density at radius 3 is 2.42 bits per heavy atom. The summed E-state index contributed by atoms with van der Waals surface area (Å²) in [6.45, 7) is 9.42. The zero-order valence-electron chi connectivity index (χ0n) is 13.0. The van der Waals surface area contributed by atoms with Crippen molar-refractivity contribution in [3.05, 3.63) is 29.3 Å². The lowest BCUT2D eigenvalue weighted by atomic mass is 10.00. The average molecular weight is 265 g/mol. The predicted molar refractivity (Wildman–Crippen MR) is 79.7 cm³/mol. The molecule has 1 rings (SSSR count). The highest BCUT2D eigenvalue weighted by atomic mass is 16.5. The van der Waals surface area contributed by atoms with E-state index in [0.717, 1.165) is 12.3 Å². The zero-order chi connectivity index (χ0) is 14.6. The van der Waals surface area contributed by atoms with E-state index < -0.39 is 5.60 Å². The van der Waals surface area contributed by atoms with Crippen LogP contribution in [0.1, 0.15) is 44.7 Å². The first-order chi connectivity index (χ1) is 8.73. The number of ether oxygens (including phenoxy) is 1. The lowest BCUT2D eigenvalue weighted by Crippen LogP contribution is -2.35. The van der Waals surface area contributed by atoms with Gasteiger partial charge in [0, 0.05) is 18.7 Å². The topological polar surface area (TPSA) is 32.7 Å². The fraction of sp³-hybridized carbons (Fsp3) is 0.625. The molecule has 0 atom stereocenters. The molecule has 0 saturated heterocycles. The Morgan fingerprint density at radius 1 is 1.32 bits per heavy atom. The molecule has 3 nitrogen and oxygen atoms in total. The minimum absolute atomic E-state index is 0.504. The molecule has 0 aliphatic carbocycles. The Morgan fingerprint density at radius 2 is 1.95 bits per heavy atom. The van der Waals surface area contributed by atoms with Gasteiger partial charge in [-0.2, -0.15) is 0 Å². The van der Waals surface area contributed by atoms with E-state index in [9.17, 15) is 5.11 Å². The third kappa shape index (κ3) is 5.21. The van der Waals surface area contributed by atoms with Crippen LogP contribution in [0, 0.1) is 0 Å². The monoisotopic (exact) mass is 265 g/mol. The van der Waals surface area contributed by atoms with Gasteiger partial charge in [-0.15, -0.1) is 0 Å². The van der Waals surface area contributed by atoms with Gasteiger partial charge in [0.05, 0.1) is 12.7 Å². The van der Waals surface area contributed by atoms with Gasteiger partial charge in [-0.1, -0.05) is 26.0 Å². The van der Waals surface area contributed by atoms with Crippen LogP contribution >= 0.6 is 0 Å². The minimum Gasteiger partial charge on any atom is -0.496 e. The molecule has 19 heavy (non-hydrogen) atoms. The second kappa shape index (κ2) is 6.40. The maximum absolute atomic E-state index is 9.86. The fourth-order valence-electron chi connectivity index (χ4n) is 2.29. The summed E-state index contributed by atoms with van der Waals surface area (Å²) in [6.07, 6.45) is 0. The van der Waals surface area contributed by atoms with Crippen molar-refractivity contribution < 1.29 is 9.84 Å². The summed E-state index contributed by atoms with van der Waals surface area (Å²) in [6, 6.07) is 6.34. The maximum Gasteiger partial charge on any atom is 0.123 e. The third-order valence-corrected chi connectivity index (χ3v) is 3.07. The van der Waals surface area contributed by atoms with Crippen LogP contribution in [0.4, 0.5) is 0 Å². The van der Waals surface area contributed by atoms with Gasteiger partial charge in [0.1, 0.15) is 5.75 Å². The molecule has 0 heterocycles. The van der Waals surface area contributed by atoms with Crippen LogP contribution in [-0.4, -0.2) is 36.3 Å². The van der Waals surface area contributed by atoms with Gasteiger partial charge >= 0.3 is 0 Å². The molecule has 3 heteroatoms. The van der Waals surface area contributed by atoms with Crippen molar-refractivity contribution in [1.82, 2.24) is 4.90 Å². The normalized spacial score (nSPS) is 12.3. The van der Waals surface area contributed by atoms with Crippen LogP contribution in [0.15, 0.2) is 18.2 Å². The minimum atomic E-state index is -0.683. The van der Waals surface area contributed by atoms with Gasteiger partial charge in [-0.05, 0) is 38.4 Å². The number of benzene rings is 1. The Kier molecular flexibility index (Phi) is 5.39. The molecular weight excluding hydrogens is 238 g/mol. The van der Waals surface area contributed by atoms with E-state index >= 15 is 0 Å². The van der Waals surface area contributed by atoms with Crippen molar-refractivity contribution in [1.29, 1.82) is 0 Å². The lowest BCUT2D eigenvalue weighted by molar-refractivity contribution is 0.0423. The molecular formula is C16H27NO2. The molecule has 0 radical (unpaired) electrons. The van der Waals surface area contributed by atoms with Crippen LogP contribution in [0.25, 0.3) is 0 Å². The molecule has 0 amide bonds. The smallest absolute Gasteiger partial charge is 0.123 e. The highest BCUT2D eigenvalue weighted by Gasteiger charge is 2.17. The standard InChI is InChI=1S/C16H27NO2/c1-12(2)13-7-8-15(19-6)14(9-13)10-17(5)11-16(3,4)18/h7-9,12,18H,10-11H2,1-6H3. The number of rotatable bonds is 6. The van der Waals surface area contributed by atoms with Crippen molar-refractivity contribution in [2.45, 2.75) is 45.8 Å². The number of hydrogen-bond donors (Lipinski definition) is 1. The molecule has 0 bridgehead atoms. The Labute approximate surface area is 117 Å². The van der Waals surface area contributed by atoms with Gasteiger partial charge in [0.25, 0.3) is 0 Å². The molecule has 0 spiro atoms. The van der Waals surface area contributed by atoms with Crippen molar-refractivity contribution in [3.63, 3.8) is 0 Å². The van der Waals surface area contributed by atoms with Crippen LogP contribution in [-0.2, 0) is 6.54 Å². The Balaban J connectivity index is 2.88. The van der Waals surface area contributed by atoms with Gasteiger partial charge in [-0.25, -0.2) is 0 Å². The van der Waals surface area contributed by atoms with E-state index in [-0.39, 0.29) is 0 Å². The molecule has 0 aromatic heterocycles. The summed E-state index contributed by atoms with van der Waals surface area (Å²) in [5.74, 6) is 1.41. The van der Waals surface area contributed by atoms with Crippen LogP contribution in [0.2, 0.25) is 0 Å². The van der Waals surface area contributed by atoms with Crippen molar-refractivity contribution in [2.75, 3.05) is 20.7 Å². The fourth-order valence-corrected chi connectivity index (χ4v) is 2.29. The molecule has 1 aromatic rings. The summed E-state index contributed by atoms with van der Waals surface area (Å²) in [7, 11) is 3.71. The first kappa shape index (κ1) is 16.0. The van der Waals surface area contributed by atoms with E-state index in [2.05, 4.69) is 30.9 Å². The first-order valence-electron chi connectivity index (χ1n) is 6.80. The number of nitrogens with zero attached hydrogens (tertiary/aromatic N) is 1. The largest absolute Gasteiger partial charge is 0.496 e. The van der Waals surface area contributed by atoms with Gasteiger partial charge in [0.15, 0.2) is 0 Å². The summed E-state index contributed by atoms with van der Waals surface area (Å²) < 4.78 is 5.42. The summed E-state index contributed by atoms with van der Waals surface area (Å²) >= 11 is 0. The number of likely N-dealkylation sites (N-methyl/N-ethyl adjacent to an activating group) is 1. The summed E-state index contributed by atoms with van der Waals surface area (Å²) in [5.41, 5.74) is 1.80. The van der Waals surface area contributed by atoms with E-state index in [1.54, 1.807) is 7.11 Å². The van der Waals surface area contributed by atoms with Crippen molar-refractivity contribution >= 4 is 0 Å². The molecule has 1 N–H and O–H groups in total. The highest BCUT2D eigenvalue weighted by Crippen LogP contribution is 2.25. The molecule has 0 aliphatic heterocycles. The maximum atomic E-state index is 9.86. The zero-order valence-corrected chi connectivity index (χ0v) is 13.0. The van der Waals surface area contributed by atoms with Gasteiger partial charge < -0.3 is 9.84 Å². The van der Waals surface area contributed by atoms with E-state index in [1.165, 1.54) is 11.1 Å². The summed E-state index contributed by atoms with van der Waals surface area (Å²) in [5, 5.41) is 9.86. The van der Waals surface area contributed by atoms with Crippen molar-refractivity contribution in [2.24, 2.45) is 0 Å². The van der Waals surface area contributed by atoms with Crippen LogP contribution in [0.3, 0.4) is 0 Å². The van der Waals surface area contributed by atoms with Crippen LogP contribution in [0.5, 0.6) is 5.75 Å². The number of hydrogen-bond acceptors (Lipinski definition) is 3. The molecule has 1 aromatic carbocycles. The second-order valence-electron chi connectivity index (χ2n) is 6.21. The lowest BCUT2D eigenvalue weighted by Gasteiger charge is -2.26. The average Bonchev–Trinajstić information content (AvgIpc) is 2.26. The number of methoxy groups -OCH3 is 1. The van der Waals surface area contributed by atoms with E-state index in [1.807, 2.05) is 27.0 Å². The van der Waals surface area contributed by atoms with E-state index in [0.29, 0.717) is 12.5 Å². The quantitative estimate of drug-likeness (QED) is 0.858. The van der Waals surface area contributed by atoms with Crippen LogP contribution < -0.4 is 4.74 Å². The van der Waals surface area contributed by atoms with Gasteiger partial charge in [0.2, 0.25) is 0 Å². The molecule has 108 valence electrons. The Bertz CT molecular complexity index is 408. The molecule has 0 unspecified atom stereocenters. The van der Waals surface area contributed by atoms with E-state index in [4.69, 9.17) is 4.74 Å². The Hall–Kier alpha value is -1.06.